The van der Waals surface area contributed by atoms with Gasteiger partial charge >= 0.3 is 34.9 Å². The van der Waals surface area contributed by atoms with Crippen LogP contribution in [0, 0.1) is 0 Å². The summed E-state index contributed by atoms with van der Waals surface area (Å²) in [6, 6.07) is 17.3. The summed E-state index contributed by atoms with van der Waals surface area (Å²) in [7, 11) is -15.9. The Morgan fingerprint density at radius 3 is 2.23 bits per heavy atom. The van der Waals surface area contributed by atoms with E-state index in [1.807, 2.05) is 4.90 Å². The van der Waals surface area contributed by atoms with Crippen LogP contribution < -0.4 is 10.6 Å². The van der Waals surface area contributed by atoms with Gasteiger partial charge in [-0.05, 0) is 23.8 Å². The van der Waals surface area contributed by atoms with Crippen LogP contribution in [0.25, 0.3) is 0 Å². The Kier molecular flexibility index (Phi) is 11.3. The van der Waals surface area contributed by atoms with Crippen molar-refractivity contribution in [3.63, 3.8) is 0 Å². The zero-order valence-electron chi connectivity index (χ0n) is 24.6. The fourth-order valence-corrected chi connectivity index (χ4v) is 9.00. The summed E-state index contributed by atoms with van der Waals surface area (Å²) >= 11 is 0. The molecule has 0 radical (unpaired) electrons. The van der Waals surface area contributed by atoms with E-state index in [2.05, 4.69) is 13.6 Å². The molecule has 6 atom stereocenters. The lowest BCUT2D eigenvalue weighted by molar-refractivity contribution is -0.0511. The molecule has 17 nitrogen and oxygen atoms in total. The lowest BCUT2D eigenvalue weighted by atomic mass is 10.1. The van der Waals surface area contributed by atoms with Gasteiger partial charge in [0, 0.05) is 25.7 Å². The quantitative estimate of drug-likeness (QED) is 0.171. The van der Waals surface area contributed by atoms with E-state index in [0.717, 1.165) is 4.57 Å². The highest BCUT2D eigenvalue weighted by Gasteiger charge is 2.44. The first kappa shape index (κ1) is 35.3. The monoisotopic (exact) mass is 715 g/mol. The van der Waals surface area contributed by atoms with Gasteiger partial charge in [-0.25, -0.2) is 23.0 Å². The number of nitrogens with zero attached hydrogens (tertiary/aromatic N) is 3. The fourth-order valence-electron chi connectivity index (χ4n) is 4.86. The van der Waals surface area contributed by atoms with Crippen molar-refractivity contribution in [3.05, 3.63) is 94.5 Å². The molecule has 2 fully saturated rings. The first-order valence-corrected chi connectivity index (χ1v) is 19.0. The second kappa shape index (κ2) is 15.0. The van der Waals surface area contributed by atoms with Gasteiger partial charge in [0.25, 0.3) is 0 Å². The molecular formula is C27H32N3O14P3. The number of ether oxygens (including phenoxy) is 3. The molecule has 0 saturated carbocycles. The lowest BCUT2D eigenvalue weighted by Crippen LogP contribution is -2.38. The van der Waals surface area contributed by atoms with Crippen LogP contribution in [0.1, 0.15) is 28.6 Å². The normalized spacial score (nSPS) is 23.7. The van der Waals surface area contributed by atoms with Gasteiger partial charge < -0.3 is 33.8 Å². The number of carbonyl (C=O) groups excluding carboxylic acids is 1. The predicted molar refractivity (Wildman–Crippen MR) is 163 cm³/mol. The van der Waals surface area contributed by atoms with Crippen molar-refractivity contribution in [1.82, 2.24) is 9.55 Å². The summed E-state index contributed by atoms with van der Waals surface area (Å²) in [4.78, 5) is 62.1. The molecule has 3 N–H and O–H groups in total. The van der Waals surface area contributed by atoms with Crippen LogP contribution in [0.15, 0.2) is 77.7 Å². The zero-order valence-corrected chi connectivity index (χ0v) is 27.3. The number of rotatable bonds is 13. The van der Waals surface area contributed by atoms with Crippen molar-refractivity contribution in [1.29, 1.82) is 0 Å². The Bertz CT molecular complexity index is 1740. The van der Waals surface area contributed by atoms with Gasteiger partial charge in [0.1, 0.15) is 24.3 Å². The van der Waals surface area contributed by atoms with Gasteiger partial charge in [-0.15, -0.1) is 0 Å². The summed E-state index contributed by atoms with van der Waals surface area (Å²) in [6.07, 6.45) is -2.82. The smallest absolute Gasteiger partial charge is 0.456 e. The standard InChI is InChI=1S/C27H32N3O14P3/c31-26(21-9-5-2-6-10-21)42-22-17-25(30-12-11-24(28-27(30)32)29-13-15-39-16-14-29)41-23(22)18-40-46(35,36)44-47(37,38)43-45(33,34)19-20-7-3-1-4-8-20/h1-12,22-23,25H,13-19H2,(H,33,34)(H,35,36)(H,37,38). The maximum Gasteiger partial charge on any atom is 0.488 e. The molecule has 3 aromatic rings. The molecular weight excluding hydrogens is 683 g/mol. The molecule has 20 heteroatoms. The number of anilines is 1. The average Bonchev–Trinajstić information content (AvgIpc) is 3.42. The Morgan fingerprint density at radius 1 is 0.915 bits per heavy atom. The second-order valence-corrected chi connectivity index (χ2v) is 15.5. The van der Waals surface area contributed by atoms with Crippen LogP contribution >= 0.6 is 23.2 Å². The highest BCUT2D eigenvalue weighted by atomic mass is 31.3. The van der Waals surface area contributed by atoms with Gasteiger partial charge in [0.15, 0.2) is 0 Å². The maximum absolute atomic E-state index is 13.0. The molecule has 2 aliphatic rings. The van der Waals surface area contributed by atoms with Gasteiger partial charge in [-0.1, -0.05) is 48.5 Å². The third kappa shape index (κ3) is 9.99. The molecule has 2 saturated heterocycles. The highest BCUT2D eigenvalue weighted by Crippen LogP contribution is 2.68. The number of phosphoric ester groups is 1. The van der Waals surface area contributed by atoms with E-state index in [0.29, 0.717) is 32.1 Å². The summed E-state index contributed by atoms with van der Waals surface area (Å²) in [5.74, 6) is -0.323. The summed E-state index contributed by atoms with van der Waals surface area (Å²) in [5, 5.41) is 0. The number of hydrogen-bond donors (Lipinski definition) is 3. The molecule has 2 aliphatic heterocycles. The van der Waals surface area contributed by atoms with E-state index >= 15 is 0 Å². The minimum Gasteiger partial charge on any atom is -0.456 e. The van der Waals surface area contributed by atoms with Crippen LogP contribution in [0.4, 0.5) is 5.82 Å². The van der Waals surface area contributed by atoms with Crippen molar-refractivity contribution in [3.8, 4) is 0 Å². The number of hydrogen-bond acceptors (Lipinski definition) is 13. The van der Waals surface area contributed by atoms with Crippen molar-refractivity contribution in [2.45, 2.75) is 31.0 Å². The van der Waals surface area contributed by atoms with Crippen LogP contribution in [0.5, 0.6) is 0 Å². The van der Waals surface area contributed by atoms with Crippen molar-refractivity contribution < 1.29 is 60.5 Å². The van der Waals surface area contributed by atoms with E-state index in [-0.39, 0.29) is 17.5 Å². The molecule has 0 amide bonds. The number of aromatic nitrogens is 2. The Hall–Kier alpha value is -3.04. The number of carbonyl (C=O) groups is 1. The predicted octanol–water partition coefficient (Wildman–Crippen LogP) is 3.23. The molecule has 0 spiro atoms. The third-order valence-corrected chi connectivity index (χ3v) is 11.7. The number of benzene rings is 2. The lowest BCUT2D eigenvalue weighted by Gasteiger charge is -2.27. The van der Waals surface area contributed by atoms with Crippen LogP contribution in [-0.2, 0) is 47.2 Å². The second-order valence-electron chi connectivity index (χ2n) is 10.4. The average molecular weight is 715 g/mol. The molecule has 254 valence electrons. The SMILES string of the molecule is O=C(OC1CC(n2ccc(N3CCOCC3)nc2=O)OC1COP(=O)(O)OP(=O)(O)OP(=O)(O)Cc1ccccc1)c1ccccc1. The van der Waals surface area contributed by atoms with Crippen molar-refractivity contribution >= 4 is 35.0 Å². The van der Waals surface area contributed by atoms with Crippen LogP contribution in [0.3, 0.4) is 0 Å². The topological polar surface area (TPSA) is 222 Å². The third-order valence-electron chi connectivity index (χ3n) is 6.97. The van der Waals surface area contributed by atoms with Gasteiger partial charge in [-0.3, -0.25) is 13.7 Å². The van der Waals surface area contributed by atoms with E-state index < -0.39 is 66.1 Å². The van der Waals surface area contributed by atoms with E-state index in [1.165, 1.54) is 30.5 Å². The summed E-state index contributed by atoms with van der Waals surface area (Å²) in [5.41, 5.74) is -0.189. The minimum absolute atomic E-state index is 0.101. The summed E-state index contributed by atoms with van der Waals surface area (Å²) in [6.45, 7) is 1.22. The molecule has 47 heavy (non-hydrogen) atoms. The van der Waals surface area contributed by atoms with Crippen LogP contribution in [0.2, 0.25) is 0 Å². The first-order valence-electron chi connectivity index (χ1n) is 14.2. The zero-order chi connectivity index (χ0) is 33.7. The number of morpholine rings is 1. The maximum atomic E-state index is 13.0. The molecule has 0 aliphatic carbocycles. The Labute approximate surface area is 268 Å². The van der Waals surface area contributed by atoms with E-state index in [9.17, 15) is 38.0 Å². The van der Waals surface area contributed by atoms with Crippen molar-refractivity contribution in [2.75, 3.05) is 37.8 Å². The van der Waals surface area contributed by atoms with Gasteiger partial charge in [0.2, 0.25) is 0 Å². The van der Waals surface area contributed by atoms with E-state index in [4.69, 9.17) is 18.7 Å². The van der Waals surface area contributed by atoms with Crippen LogP contribution in [-0.4, -0.2) is 75.3 Å². The van der Waals surface area contributed by atoms with E-state index in [1.54, 1.807) is 42.5 Å². The number of phosphoric acid groups is 2. The van der Waals surface area contributed by atoms with Crippen molar-refractivity contribution in [2.24, 2.45) is 0 Å². The Balaban J connectivity index is 1.27. The van der Waals surface area contributed by atoms with Gasteiger partial charge in [-0.2, -0.15) is 9.29 Å². The molecule has 0 bridgehead atoms. The molecule has 5 rings (SSSR count). The van der Waals surface area contributed by atoms with Gasteiger partial charge in [0.05, 0.1) is 31.5 Å². The highest BCUT2D eigenvalue weighted by molar-refractivity contribution is 7.68. The largest absolute Gasteiger partial charge is 0.488 e. The molecule has 1 aromatic heterocycles. The first-order chi connectivity index (χ1) is 22.3. The molecule has 3 heterocycles. The molecule has 6 unspecified atom stereocenters. The summed E-state index contributed by atoms with van der Waals surface area (Å²) < 4.78 is 68.9. The number of esters is 1. The fraction of sp³-hybridized carbons (Fsp3) is 0.370. The molecule has 2 aromatic carbocycles. The minimum atomic E-state index is -5.64. The Morgan fingerprint density at radius 2 is 1.57 bits per heavy atom.